The molecule has 3 aromatic rings. The number of benzene rings is 1. The molecule has 0 radical (unpaired) electrons. The molecule has 1 saturated heterocycles. The fraction of sp³-hybridized carbons (Fsp3) is 0.441. The number of carbonyl (C=O) groups is 3. The fourth-order valence-electron chi connectivity index (χ4n) is 5.22. The highest BCUT2D eigenvalue weighted by atomic mass is 127. The van der Waals surface area contributed by atoms with Crippen molar-refractivity contribution in [2.45, 2.75) is 66.2 Å². The summed E-state index contributed by atoms with van der Waals surface area (Å²) in [5.41, 5.74) is 3.18. The van der Waals surface area contributed by atoms with Gasteiger partial charge in [0.15, 0.2) is 6.10 Å². The SMILES string of the molecule is CNC(=O)c1cc(C(=O)Nc2ncc(I)cc2C)c(C)cc1O[C@H](CN1CCN(C(=O)OC(C)(C)C)C(C)C1)c1ccc(C)cn1. The predicted octanol–water partition coefficient (Wildman–Crippen LogP) is 5.68. The Morgan fingerprint density at radius 2 is 1.74 bits per heavy atom. The van der Waals surface area contributed by atoms with Crippen molar-refractivity contribution < 1.29 is 23.9 Å². The number of aryl methyl sites for hydroxylation is 3. The third-order valence-corrected chi connectivity index (χ3v) is 8.21. The van der Waals surface area contributed by atoms with Gasteiger partial charge in [-0.1, -0.05) is 6.07 Å². The van der Waals surface area contributed by atoms with E-state index in [0.717, 1.165) is 14.7 Å². The third-order valence-electron chi connectivity index (χ3n) is 7.62. The van der Waals surface area contributed by atoms with Gasteiger partial charge in [0, 0.05) is 60.8 Å². The molecule has 0 spiro atoms. The Kier molecular flexibility index (Phi) is 11.3. The second-order valence-electron chi connectivity index (χ2n) is 12.7. The van der Waals surface area contributed by atoms with Gasteiger partial charge in [-0.2, -0.15) is 0 Å². The summed E-state index contributed by atoms with van der Waals surface area (Å²) in [6.07, 6.45) is 2.60. The van der Waals surface area contributed by atoms with Crippen molar-refractivity contribution in [3.63, 3.8) is 0 Å². The molecule has 1 fully saturated rings. The Bertz CT molecular complexity index is 1590. The van der Waals surface area contributed by atoms with E-state index in [-0.39, 0.29) is 29.5 Å². The predicted molar refractivity (Wildman–Crippen MR) is 185 cm³/mol. The Morgan fingerprint density at radius 1 is 1.00 bits per heavy atom. The number of hydrogen-bond donors (Lipinski definition) is 2. The summed E-state index contributed by atoms with van der Waals surface area (Å²) >= 11 is 2.17. The highest BCUT2D eigenvalue weighted by Gasteiger charge is 2.33. The number of carbonyl (C=O) groups excluding carboxylic acids is 3. The second kappa shape index (κ2) is 14.8. The summed E-state index contributed by atoms with van der Waals surface area (Å²) in [5.74, 6) is 0.0327. The van der Waals surface area contributed by atoms with Crippen molar-refractivity contribution in [2.75, 3.05) is 38.5 Å². The number of halogens is 1. The van der Waals surface area contributed by atoms with Crippen molar-refractivity contribution in [2.24, 2.45) is 0 Å². The van der Waals surface area contributed by atoms with Gasteiger partial charge in [-0.15, -0.1) is 0 Å². The molecule has 246 valence electrons. The monoisotopic (exact) mass is 742 g/mol. The van der Waals surface area contributed by atoms with Gasteiger partial charge in [0.1, 0.15) is 17.2 Å². The molecule has 2 N–H and O–H groups in total. The maximum atomic E-state index is 13.4. The zero-order valence-electron chi connectivity index (χ0n) is 27.7. The lowest BCUT2D eigenvalue weighted by molar-refractivity contribution is -0.00317. The van der Waals surface area contributed by atoms with Crippen molar-refractivity contribution >= 4 is 46.3 Å². The number of nitrogens with zero attached hydrogens (tertiary/aromatic N) is 4. The number of pyridine rings is 2. The molecule has 3 heterocycles. The molecule has 1 aromatic carbocycles. The molecule has 2 atom stereocenters. The van der Waals surface area contributed by atoms with Crippen LogP contribution in [0.15, 0.2) is 42.7 Å². The van der Waals surface area contributed by atoms with Crippen LogP contribution in [0.3, 0.4) is 0 Å². The number of anilines is 1. The fourth-order valence-corrected chi connectivity index (χ4v) is 5.83. The normalized spacial score (nSPS) is 16.0. The van der Waals surface area contributed by atoms with Crippen LogP contribution in [0.5, 0.6) is 5.75 Å². The van der Waals surface area contributed by atoms with Gasteiger partial charge in [0.25, 0.3) is 11.8 Å². The molecule has 1 aliphatic heterocycles. The highest BCUT2D eigenvalue weighted by molar-refractivity contribution is 14.1. The summed E-state index contributed by atoms with van der Waals surface area (Å²) in [5, 5.41) is 5.54. The number of rotatable bonds is 8. The number of piperazine rings is 1. The van der Waals surface area contributed by atoms with Crippen LogP contribution in [-0.2, 0) is 4.74 Å². The Balaban J connectivity index is 1.61. The van der Waals surface area contributed by atoms with Gasteiger partial charge in [-0.05, 0) is 112 Å². The van der Waals surface area contributed by atoms with Crippen LogP contribution in [0.2, 0.25) is 0 Å². The largest absolute Gasteiger partial charge is 0.482 e. The van der Waals surface area contributed by atoms with E-state index in [0.29, 0.717) is 54.6 Å². The molecule has 11 nitrogen and oxygen atoms in total. The molecule has 1 aliphatic rings. The lowest BCUT2D eigenvalue weighted by Crippen LogP contribution is -2.55. The molecule has 3 amide bonds. The standard InChI is InChI=1S/C34H43IN6O5/c1-20-9-10-27(37-16-20)29(19-40-11-12-41(23(4)18-40)33(44)46-34(5,6)7)45-28-14-21(2)25(15-26(28)31(42)36-8)32(43)39-30-22(3)13-24(35)17-38-30/h9-10,13-17,23,29H,11-12,18-19H2,1-8H3,(H,36,42)(H,38,39,43)/t23?,29-/m1/s1. The maximum Gasteiger partial charge on any atom is 0.410 e. The van der Waals surface area contributed by atoms with Crippen LogP contribution >= 0.6 is 22.6 Å². The van der Waals surface area contributed by atoms with E-state index in [4.69, 9.17) is 9.47 Å². The average Bonchev–Trinajstić information content (AvgIpc) is 2.97. The van der Waals surface area contributed by atoms with Crippen LogP contribution < -0.4 is 15.4 Å². The average molecular weight is 743 g/mol. The molecule has 1 unspecified atom stereocenters. The van der Waals surface area contributed by atoms with E-state index in [1.807, 2.05) is 59.7 Å². The van der Waals surface area contributed by atoms with E-state index in [1.54, 1.807) is 36.4 Å². The molecular formula is C34H43IN6O5. The first kappa shape index (κ1) is 35.1. The van der Waals surface area contributed by atoms with Crippen molar-refractivity contribution in [1.29, 1.82) is 0 Å². The van der Waals surface area contributed by atoms with Gasteiger partial charge >= 0.3 is 6.09 Å². The second-order valence-corrected chi connectivity index (χ2v) is 13.9. The first-order valence-electron chi connectivity index (χ1n) is 15.3. The van der Waals surface area contributed by atoms with Crippen LogP contribution in [0.25, 0.3) is 0 Å². The maximum absolute atomic E-state index is 13.4. The minimum atomic E-state index is -0.572. The molecule has 2 aromatic heterocycles. The molecule has 12 heteroatoms. The van der Waals surface area contributed by atoms with Crippen molar-refractivity contribution in [3.8, 4) is 5.75 Å². The lowest BCUT2D eigenvalue weighted by Gasteiger charge is -2.41. The summed E-state index contributed by atoms with van der Waals surface area (Å²) in [6, 6.07) is 9.02. The van der Waals surface area contributed by atoms with Crippen LogP contribution in [0, 0.1) is 24.3 Å². The zero-order chi connectivity index (χ0) is 33.8. The van der Waals surface area contributed by atoms with Crippen molar-refractivity contribution in [3.05, 3.63) is 79.8 Å². The number of hydrogen-bond acceptors (Lipinski definition) is 8. The third kappa shape index (κ3) is 8.93. The molecule has 4 rings (SSSR count). The van der Waals surface area contributed by atoms with Crippen LogP contribution in [0.4, 0.5) is 10.6 Å². The summed E-state index contributed by atoms with van der Waals surface area (Å²) in [7, 11) is 1.54. The number of nitrogens with one attached hydrogen (secondary N) is 2. The molecule has 46 heavy (non-hydrogen) atoms. The number of aromatic nitrogens is 2. The van der Waals surface area contributed by atoms with Crippen LogP contribution in [-0.4, -0.2) is 82.5 Å². The highest BCUT2D eigenvalue weighted by Crippen LogP contribution is 2.30. The van der Waals surface area contributed by atoms with Gasteiger partial charge in [0.05, 0.1) is 11.3 Å². The van der Waals surface area contributed by atoms with E-state index < -0.39 is 11.7 Å². The minimum Gasteiger partial charge on any atom is -0.482 e. The lowest BCUT2D eigenvalue weighted by atomic mass is 10.0. The van der Waals surface area contributed by atoms with Crippen LogP contribution in [0.1, 0.15) is 76.9 Å². The number of ether oxygens (including phenoxy) is 2. The van der Waals surface area contributed by atoms with Gasteiger partial charge in [-0.25, -0.2) is 9.78 Å². The molecular weight excluding hydrogens is 699 g/mol. The zero-order valence-corrected chi connectivity index (χ0v) is 29.9. The first-order chi connectivity index (χ1) is 21.6. The Morgan fingerprint density at radius 3 is 2.35 bits per heavy atom. The Labute approximate surface area is 284 Å². The quantitative estimate of drug-likeness (QED) is 0.283. The minimum absolute atomic E-state index is 0.0806. The molecule has 0 aliphatic carbocycles. The smallest absolute Gasteiger partial charge is 0.410 e. The summed E-state index contributed by atoms with van der Waals surface area (Å²) in [4.78, 5) is 52.3. The van der Waals surface area contributed by atoms with Crippen molar-refractivity contribution in [1.82, 2.24) is 25.1 Å². The van der Waals surface area contributed by atoms with E-state index in [1.165, 1.54) is 7.05 Å². The van der Waals surface area contributed by atoms with Gasteiger partial charge in [0.2, 0.25) is 0 Å². The topological polar surface area (TPSA) is 126 Å². The Hall–Kier alpha value is -3.78. The first-order valence-corrected chi connectivity index (χ1v) is 16.3. The molecule has 0 bridgehead atoms. The number of amides is 3. The molecule has 0 saturated carbocycles. The van der Waals surface area contributed by atoms with Gasteiger partial charge < -0.3 is 25.0 Å². The van der Waals surface area contributed by atoms with Gasteiger partial charge in [-0.3, -0.25) is 19.5 Å². The van der Waals surface area contributed by atoms with E-state index in [2.05, 4.69) is 48.1 Å². The summed E-state index contributed by atoms with van der Waals surface area (Å²) < 4.78 is 13.2. The summed E-state index contributed by atoms with van der Waals surface area (Å²) in [6.45, 7) is 15.4. The van der Waals surface area contributed by atoms with E-state index in [9.17, 15) is 14.4 Å². The van der Waals surface area contributed by atoms with E-state index >= 15 is 0 Å².